The number of esters is 1. The van der Waals surface area contributed by atoms with Crippen LogP contribution < -0.4 is 0 Å². The lowest BCUT2D eigenvalue weighted by atomic mass is 9.73. The van der Waals surface area contributed by atoms with Crippen molar-refractivity contribution in [2.24, 2.45) is 11.3 Å². The number of aromatic nitrogens is 1. The van der Waals surface area contributed by atoms with E-state index in [0.29, 0.717) is 5.56 Å². The van der Waals surface area contributed by atoms with E-state index in [1.807, 2.05) is 24.3 Å². The zero-order valence-electron chi connectivity index (χ0n) is 13.6. The zero-order chi connectivity index (χ0) is 16.9. The van der Waals surface area contributed by atoms with Crippen LogP contribution in [-0.4, -0.2) is 22.2 Å². The van der Waals surface area contributed by atoms with Crippen LogP contribution in [0.1, 0.15) is 44.2 Å². The average molecular weight is 313 g/mol. The van der Waals surface area contributed by atoms with E-state index in [2.05, 4.69) is 0 Å². The number of hydrogen-bond donors (Lipinski definition) is 0. The lowest BCUT2D eigenvalue weighted by Gasteiger charge is -2.38. The van der Waals surface area contributed by atoms with Crippen molar-refractivity contribution in [3.05, 3.63) is 36.0 Å². The van der Waals surface area contributed by atoms with Gasteiger partial charge in [-0.05, 0) is 26.8 Å². The fraction of sp³-hybridized carbons (Fsp3) is 0.389. The molecule has 1 aliphatic heterocycles. The molecule has 0 bridgehead atoms. The normalized spacial score (nSPS) is 23.8. The van der Waals surface area contributed by atoms with E-state index >= 15 is 0 Å². The third kappa shape index (κ3) is 2.19. The maximum absolute atomic E-state index is 12.5. The number of rotatable bonds is 1. The molecule has 1 aromatic heterocycles. The summed E-state index contributed by atoms with van der Waals surface area (Å²) in [4.78, 5) is 36.5. The highest BCUT2D eigenvalue weighted by Crippen LogP contribution is 2.45. The van der Waals surface area contributed by atoms with Crippen molar-refractivity contribution in [2.45, 2.75) is 33.8 Å². The molecule has 0 amide bonds. The highest BCUT2D eigenvalue weighted by Gasteiger charge is 2.50. The summed E-state index contributed by atoms with van der Waals surface area (Å²) in [6.07, 6.45) is 0.972. The summed E-state index contributed by atoms with van der Waals surface area (Å²) in [5.41, 5.74) is 0.585. The van der Waals surface area contributed by atoms with E-state index in [-0.39, 0.29) is 11.7 Å². The summed E-state index contributed by atoms with van der Waals surface area (Å²) in [7, 11) is 0. The molecule has 0 radical (unpaired) electrons. The molecule has 1 aliphatic rings. The number of benzene rings is 1. The van der Waals surface area contributed by atoms with Crippen LogP contribution in [0.15, 0.2) is 30.5 Å². The summed E-state index contributed by atoms with van der Waals surface area (Å²) < 4.78 is 7.11. The van der Waals surface area contributed by atoms with Gasteiger partial charge in [0.1, 0.15) is 12.0 Å². The van der Waals surface area contributed by atoms with Crippen LogP contribution in [0, 0.1) is 11.3 Å². The predicted molar refractivity (Wildman–Crippen MR) is 85.0 cm³/mol. The molecule has 23 heavy (non-hydrogen) atoms. The van der Waals surface area contributed by atoms with Crippen LogP contribution in [0.5, 0.6) is 0 Å². The Morgan fingerprint density at radius 3 is 2.52 bits per heavy atom. The van der Waals surface area contributed by atoms with Crippen LogP contribution in [0.25, 0.3) is 10.9 Å². The van der Waals surface area contributed by atoms with Crippen LogP contribution in [0.3, 0.4) is 0 Å². The molecule has 0 saturated carbocycles. The largest absolute Gasteiger partial charge is 0.456 e. The third-order valence-corrected chi connectivity index (χ3v) is 4.64. The van der Waals surface area contributed by atoms with Crippen molar-refractivity contribution < 1.29 is 19.1 Å². The minimum atomic E-state index is -0.848. The Balaban J connectivity index is 2.22. The van der Waals surface area contributed by atoms with Gasteiger partial charge in [0.05, 0.1) is 10.9 Å². The van der Waals surface area contributed by atoms with Gasteiger partial charge in [-0.15, -0.1) is 0 Å². The van der Waals surface area contributed by atoms with Crippen molar-refractivity contribution in [3.63, 3.8) is 0 Å². The van der Waals surface area contributed by atoms with E-state index in [1.54, 1.807) is 27.0 Å². The molecule has 0 aliphatic carbocycles. The molecule has 0 N–H and O–H groups in total. The average Bonchev–Trinajstić information content (AvgIpc) is 2.89. The third-order valence-electron chi connectivity index (χ3n) is 4.64. The number of ketones is 1. The SMILES string of the molecule is CC(=O)n1cc([C@H]2OC(=O)[C@H](C)C(=O)C2(C)C)c2ccccc21. The molecular formula is C18H19NO4. The van der Waals surface area contributed by atoms with Crippen LogP contribution in [0.4, 0.5) is 0 Å². The van der Waals surface area contributed by atoms with Crippen LogP contribution in [0.2, 0.25) is 0 Å². The summed E-state index contributed by atoms with van der Waals surface area (Å²) in [5, 5.41) is 0.816. The second-order valence-electron chi connectivity index (χ2n) is 6.62. The van der Waals surface area contributed by atoms with Gasteiger partial charge in [-0.25, -0.2) is 0 Å². The lowest BCUT2D eigenvalue weighted by Crippen LogP contribution is -2.46. The van der Waals surface area contributed by atoms with Gasteiger partial charge in [0.15, 0.2) is 5.78 Å². The standard InChI is InChI=1S/C18H19NO4/c1-10-15(21)18(3,4)16(23-17(10)22)13-9-19(11(2)20)14-8-6-5-7-12(13)14/h5-10,16H,1-4H3/t10-,16-/m1/s1. The van der Waals surface area contributed by atoms with Gasteiger partial charge in [-0.3, -0.25) is 19.0 Å². The van der Waals surface area contributed by atoms with Crippen molar-refractivity contribution in [2.75, 3.05) is 0 Å². The van der Waals surface area contributed by atoms with Crippen molar-refractivity contribution in [3.8, 4) is 0 Å². The first-order valence-electron chi connectivity index (χ1n) is 7.61. The maximum Gasteiger partial charge on any atom is 0.316 e. The number of fused-ring (bicyclic) bond motifs is 1. The van der Waals surface area contributed by atoms with Gasteiger partial charge in [-0.1, -0.05) is 18.2 Å². The minimum absolute atomic E-state index is 0.132. The molecule has 2 aromatic rings. The summed E-state index contributed by atoms with van der Waals surface area (Å²) in [5.74, 6) is -1.55. The second-order valence-corrected chi connectivity index (χ2v) is 6.62. The highest BCUT2D eigenvalue weighted by molar-refractivity contribution is 6.04. The van der Waals surface area contributed by atoms with Gasteiger partial charge in [0, 0.05) is 24.1 Å². The summed E-state index contributed by atoms with van der Waals surface area (Å²) in [6, 6.07) is 7.41. The van der Waals surface area contributed by atoms with E-state index < -0.39 is 23.4 Å². The first-order valence-corrected chi connectivity index (χ1v) is 7.61. The van der Waals surface area contributed by atoms with E-state index in [0.717, 1.165) is 10.9 Å². The Morgan fingerprint density at radius 1 is 1.22 bits per heavy atom. The topological polar surface area (TPSA) is 65.4 Å². The molecular weight excluding hydrogens is 294 g/mol. The molecule has 1 saturated heterocycles. The summed E-state index contributed by atoms with van der Waals surface area (Å²) >= 11 is 0. The molecule has 1 aromatic carbocycles. The van der Waals surface area contributed by atoms with Gasteiger partial charge in [0.2, 0.25) is 5.91 Å². The van der Waals surface area contributed by atoms with Gasteiger partial charge >= 0.3 is 5.97 Å². The summed E-state index contributed by atoms with van der Waals surface area (Å²) in [6.45, 7) is 6.61. The monoisotopic (exact) mass is 313 g/mol. The second kappa shape index (κ2) is 5.05. The van der Waals surface area contributed by atoms with Crippen LogP contribution in [-0.2, 0) is 14.3 Å². The predicted octanol–water partition coefficient (Wildman–Crippen LogP) is 3.13. The Hall–Kier alpha value is -2.43. The Morgan fingerprint density at radius 2 is 1.87 bits per heavy atom. The fourth-order valence-electron chi connectivity index (χ4n) is 3.29. The molecule has 2 atom stereocenters. The van der Waals surface area contributed by atoms with Gasteiger partial charge in [0.25, 0.3) is 0 Å². The smallest absolute Gasteiger partial charge is 0.316 e. The van der Waals surface area contributed by atoms with E-state index in [4.69, 9.17) is 4.74 Å². The number of carbonyl (C=O) groups is 3. The number of nitrogens with zero attached hydrogens (tertiary/aromatic N) is 1. The first kappa shape index (κ1) is 15.5. The molecule has 5 heteroatoms. The van der Waals surface area contributed by atoms with E-state index in [9.17, 15) is 14.4 Å². The van der Waals surface area contributed by atoms with Crippen molar-refractivity contribution in [1.29, 1.82) is 0 Å². The van der Waals surface area contributed by atoms with Crippen LogP contribution >= 0.6 is 0 Å². The molecule has 0 spiro atoms. The molecule has 2 heterocycles. The number of ether oxygens (including phenoxy) is 1. The number of carbonyl (C=O) groups excluding carboxylic acids is 3. The maximum atomic E-state index is 12.5. The van der Waals surface area contributed by atoms with Gasteiger partial charge in [-0.2, -0.15) is 0 Å². The molecule has 0 unspecified atom stereocenters. The molecule has 1 fully saturated rings. The molecule has 3 rings (SSSR count). The highest BCUT2D eigenvalue weighted by atomic mass is 16.5. The quantitative estimate of drug-likeness (QED) is 0.599. The van der Waals surface area contributed by atoms with E-state index in [1.165, 1.54) is 11.5 Å². The van der Waals surface area contributed by atoms with Gasteiger partial charge < -0.3 is 4.74 Å². The number of cyclic esters (lactones) is 1. The Bertz CT molecular complexity index is 831. The Kier molecular flexibility index (Phi) is 3.39. The molecule has 120 valence electrons. The first-order chi connectivity index (χ1) is 10.7. The fourth-order valence-corrected chi connectivity index (χ4v) is 3.29. The number of Topliss-reactive ketones (excluding diaryl/α,β-unsaturated/α-hetero) is 1. The molecule has 5 nitrogen and oxygen atoms in total. The van der Waals surface area contributed by atoms with Crippen molar-refractivity contribution >= 4 is 28.6 Å². The lowest BCUT2D eigenvalue weighted by molar-refractivity contribution is -0.177. The number of para-hydroxylation sites is 1. The minimum Gasteiger partial charge on any atom is -0.456 e. The number of hydrogen-bond acceptors (Lipinski definition) is 4. The zero-order valence-corrected chi connectivity index (χ0v) is 13.6. The Labute approximate surface area is 134 Å². The van der Waals surface area contributed by atoms with Crippen molar-refractivity contribution in [1.82, 2.24) is 4.57 Å².